The first-order chi connectivity index (χ1) is 13.2. The van der Waals surface area contributed by atoms with Crippen molar-refractivity contribution in [3.63, 3.8) is 0 Å². The van der Waals surface area contributed by atoms with Gasteiger partial charge in [0.05, 0.1) is 18.2 Å². The number of amides is 1. The SMILES string of the molecule is CN(CC(=O)Nc1ccc(Cl)cc1)Cc1ccc(C#N)cc1.O=C(O)C(=O)O. The van der Waals surface area contributed by atoms with E-state index >= 15 is 0 Å². The lowest BCUT2D eigenvalue weighted by Crippen LogP contribution is -2.29. The van der Waals surface area contributed by atoms with E-state index in [1.54, 1.807) is 36.4 Å². The van der Waals surface area contributed by atoms with Crippen molar-refractivity contribution in [2.24, 2.45) is 0 Å². The highest BCUT2D eigenvalue weighted by Gasteiger charge is 2.08. The molecule has 0 aromatic heterocycles. The molecule has 0 atom stereocenters. The molecule has 0 heterocycles. The van der Waals surface area contributed by atoms with Crippen LogP contribution in [0, 0.1) is 11.3 Å². The predicted octanol–water partition coefficient (Wildman–Crippen LogP) is 2.44. The zero-order valence-electron chi connectivity index (χ0n) is 14.9. The van der Waals surface area contributed by atoms with E-state index in [1.807, 2.05) is 24.1 Å². The van der Waals surface area contributed by atoms with Crippen LogP contribution < -0.4 is 5.32 Å². The lowest BCUT2D eigenvalue weighted by atomic mass is 10.1. The van der Waals surface area contributed by atoms with Crippen LogP contribution >= 0.6 is 11.6 Å². The van der Waals surface area contributed by atoms with Crippen LogP contribution in [0.4, 0.5) is 5.69 Å². The molecule has 1 amide bonds. The number of nitriles is 1. The van der Waals surface area contributed by atoms with Gasteiger partial charge in [-0.2, -0.15) is 5.26 Å². The van der Waals surface area contributed by atoms with Crippen molar-refractivity contribution >= 4 is 35.1 Å². The number of halogens is 1. The lowest BCUT2D eigenvalue weighted by Gasteiger charge is -2.16. The van der Waals surface area contributed by atoms with Gasteiger partial charge in [0.1, 0.15) is 0 Å². The van der Waals surface area contributed by atoms with Crippen LogP contribution in [0.2, 0.25) is 5.02 Å². The normalized spacial score (nSPS) is 9.64. The highest BCUT2D eigenvalue weighted by atomic mass is 35.5. The number of carbonyl (C=O) groups is 3. The first-order valence-electron chi connectivity index (χ1n) is 7.90. The van der Waals surface area contributed by atoms with E-state index in [-0.39, 0.29) is 12.5 Å². The molecule has 0 fully saturated rings. The summed E-state index contributed by atoms with van der Waals surface area (Å²) in [5, 5.41) is 27.0. The van der Waals surface area contributed by atoms with E-state index in [2.05, 4.69) is 11.4 Å². The van der Waals surface area contributed by atoms with E-state index < -0.39 is 11.9 Å². The Bertz CT molecular complexity index is 849. The third-order valence-electron chi connectivity index (χ3n) is 3.26. The zero-order chi connectivity index (χ0) is 21.1. The molecule has 2 aromatic carbocycles. The van der Waals surface area contributed by atoms with Crippen LogP contribution in [0.15, 0.2) is 48.5 Å². The summed E-state index contributed by atoms with van der Waals surface area (Å²) in [5.41, 5.74) is 2.41. The summed E-state index contributed by atoms with van der Waals surface area (Å²) >= 11 is 5.80. The molecule has 146 valence electrons. The summed E-state index contributed by atoms with van der Waals surface area (Å²) in [6.45, 7) is 0.919. The number of carboxylic acids is 2. The Morgan fingerprint density at radius 2 is 1.57 bits per heavy atom. The number of anilines is 1. The molecule has 0 saturated carbocycles. The number of aliphatic carboxylic acids is 2. The predicted molar refractivity (Wildman–Crippen MR) is 103 cm³/mol. The first-order valence-corrected chi connectivity index (χ1v) is 8.28. The van der Waals surface area contributed by atoms with Crippen molar-refractivity contribution in [3.8, 4) is 6.07 Å². The van der Waals surface area contributed by atoms with Gasteiger partial charge in [0.2, 0.25) is 5.91 Å². The van der Waals surface area contributed by atoms with E-state index in [1.165, 1.54) is 0 Å². The number of carboxylic acid groups (broad SMARTS) is 2. The molecule has 28 heavy (non-hydrogen) atoms. The minimum atomic E-state index is -1.82. The minimum absolute atomic E-state index is 0.0848. The van der Waals surface area contributed by atoms with Crippen LogP contribution in [0.3, 0.4) is 0 Å². The number of benzene rings is 2. The summed E-state index contributed by atoms with van der Waals surface area (Å²) in [7, 11) is 1.87. The second kappa shape index (κ2) is 11.3. The van der Waals surface area contributed by atoms with Crippen molar-refractivity contribution in [3.05, 3.63) is 64.7 Å². The van der Waals surface area contributed by atoms with E-state index in [0.717, 1.165) is 11.3 Å². The molecule has 0 aliphatic heterocycles. The number of likely N-dealkylation sites (N-methyl/N-ethyl adjacent to an activating group) is 1. The van der Waals surface area contributed by atoms with Gasteiger partial charge in [0.25, 0.3) is 0 Å². The zero-order valence-corrected chi connectivity index (χ0v) is 15.7. The standard InChI is InChI=1S/C17H16ClN3O.C2H2O4/c1-21(11-14-4-2-13(10-19)3-5-14)12-17(22)20-16-8-6-15(18)7-9-16;3-1(4)2(5)6/h2-9H,11-12H2,1H3,(H,20,22);(H,3,4)(H,5,6). The molecule has 0 saturated heterocycles. The Kier molecular flexibility index (Phi) is 9.16. The number of carbonyl (C=O) groups excluding carboxylic acids is 1. The monoisotopic (exact) mass is 403 g/mol. The molecular weight excluding hydrogens is 386 g/mol. The van der Waals surface area contributed by atoms with Gasteiger partial charge in [0, 0.05) is 17.3 Å². The van der Waals surface area contributed by atoms with Gasteiger partial charge in [-0.05, 0) is 49.0 Å². The number of hydrogen-bond donors (Lipinski definition) is 3. The first kappa shape index (κ1) is 22.6. The molecule has 8 nitrogen and oxygen atoms in total. The van der Waals surface area contributed by atoms with Crippen molar-refractivity contribution in [1.29, 1.82) is 5.26 Å². The maximum atomic E-state index is 12.0. The largest absolute Gasteiger partial charge is 0.473 e. The Morgan fingerprint density at radius 1 is 1.04 bits per heavy atom. The molecule has 0 aliphatic carbocycles. The molecule has 2 aromatic rings. The topological polar surface area (TPSA) is 131 Å². The average Bonchev–Trinajstić information content (AvgIpc) is 2.64. The number of nitrogens with zero attached hydrogens (tertiary/aromatic N) is 2. The smallest absolute Gasteiger partial charge is 0.414 e. The number of rotatable bonds is 5. The highest BCUT2D eigenvalue weighted by Crippen LogP contribution is 2.13. The van der Waals surface area contributed by atoms with Crippen molar-refractivity contribution in [2.45, 2.75) is 6.54 Å². The molecule has 9 heteroatoms. The number of nitrogens with one attached hydrogen (secondary N) is 1. The van der Waals surface area contributed by atoms with E-state index in [4.69, 9.17) is 36.7 Å². The van der Waals surface area contributed by atoms with Gasteiger partial charge in [-0.1, -0.05) is 23.7 Å². The van der Waals surface area contributed by atoms with Crippen LogP contribution in [-0.2, 0) is 20.9 Å². The van der Waals surface area contributed by atoms with Crippen LogP contribution in [0.25, 0.3) is 0 Å². The molecule has 0 spiro atoms. The Balaban J connectivity index is 0.000000568. The third-order valence-corrected chi connectivity index (χ3v) is 3.51. The quantitative estimate of drug-likeness (QED) is 0.653. The molecule has 0 radical (unpaired) electrons. The summed E-state index contributed by atoms with van der Waals surface area (Å²) in [6, 6.07) is 16.4. The fraction of sp³-hybridized carbons (Fsp3) is 0.158. The molecular formula is C19H18ClN3O5. The minimum Gasteiger partial charge on any atom is -0.473 e. The van der Waals surface area contributed by atoms with Gasteiger partial charge in [-0.3, -0.25) is 9.69 Å². The maximum Gasteiger partial charge on any atom is 0.414 e. The fourth-order valence-electron chi connectivity index (χ4n) is 2.03. The van der Waals surface area contributed by atoms with Crippen molar-refractivity contribution in [2.75, 3.05) is 18.9 Å². The van der Waals surface area contributed by atoms with Crippen LogP contribution in [-0.4, -0.2) is 46.6 Å². The Labute approximate surface area is 166 Å². The van der Waals surface area contributed by atoms with Gasteiger partial charge in [-0.15, -0.1) is 0 Å². The summed E-state index contributed by atoms with van der Waals surface area (Å²) in [5.74, 6) is -3.73. The third kappa shape index (κ3) is 8.80. The summed E-state index contributed by atoms with van der Waals surface area (Å²) in [4.78, 5) is 32.1. The second-order valence-electron chi connectivity index (χ2n) is 5.65. The molecule has 0 bridgehead atoms. The Morgan fingerprint density at radius 3 is 2.04 bits per heavy atom. The van der Waals surface area contributed by atoms with Crippen molar-refractivity contribution in [1.82, 2.24) is 4.90 Å². The van der Waals surface area contributed by atoms with Crippen molar-refractivity contribution < 1.29 is 24.6 Å². The van der Waals surface area contributed by atoms with Gasteiger partial charge in [-0.25, -0.2) is 9.59 Å². The summed E-state index contributed by atoms with van der Waals surface area (Å²) in [6.07, 6.45) is 0. The second-order valence-corrected chi connectivity index (χ2v) is 6.08. The number of hydrogen-bond acceptors (Lipinski definition) is 5. The fourth-order valence-corrected chi connectivity index (χ4v) is 2.16. The molecule has 2 rings (SSSR count). The van der Waals surface area contributed by atoms with E-state index in [0.29, 0.717) is 17.1 Å². The maximum absolute atomic E-state index is 12.0. The Hall–Kier alpha value is -3.41. The van der Waals surface area contributed by atoms with Crippen LogP contribution in [0.1, 0.15) is 11.1 Å². The molecule has 3 N–H and O–H groups in total. The van der Waals surface area contributed by atoms with Gasteiger partial charge < -0.3 is 15.5 Å². The molecule has 0 unspecified atom stereocenters. The van der Waals surface area contributed by atoms with Gasteiger partial charge >= 0.3 is 11.9 Å². The average molecular weight is 404 g/mol. The lowest BCUT2D eigenvalue weighted by molar-refractivity contribution is -0.159. The van der Waals surface area contributed by atoms with Gasteiger partial charge in [0.15, 0.2) is 0 Å². The van der Waals surface area contributed by atoms with Crippen LogP contribution in [0.5, 0.6) is 0 Å². The highest BCUT2D eigenvalue weighted by molar-refractivity contribution is 6.30. The summed E-state index contributed by atoms with van der Waals surface area (Å²) < 4.78 is 0. The molecule has 0 aliphatic rings. The van der Waals surface area contributed by atoms with E-state index in [9.17, 15) is 4.79 Å².